The number of hydrogen-bond acceptors (Lipinski definition) is 10. The second kappa shape index (κ2) is 15.4. The van der Waals surface area contributed by atoms with Crippen molar-refractivity contribution in [3.63, 3.8) is 0 Å². The number of hydrogen-bond donors (Lipinski definition) is 1. The van der Waals surface area contributed by atoms with E-state index in [1.807, 2.05) is 0 Å². The topological polar surface area (TPSA) is 192 Å². The molecular formula is C33H59N3O10. The van der Waals surface area contributed by atoms with Crippen LogP contribution in [0.3, 0.4) is 0 Å². The van der Waals surface area contributed by atoms with Gasteiger partial charge >= 0.3 is 0 Å². The molecule has 3 saturated heterocycles. The minimum Gasteiger partial charge on any atom is -0.550 e. The van der Waals surface area contributed by atoms with Crippen LogP contribution in [0, 0.1) is 0 Å². The first kappa shape index (κ1) is 43.3. The second-order valence-electron chi connectivity index (χ2n) is 16.5. The molecule has 13 nitrogen and oxygen atoms in total. The molecule has 0 unspecified atom stereocenters. The van der Waals surface area contributed by atoms with Crippen LogP contribution in [-0.2, 0) is 28.8 Å². The quantitative estimate of drug-likeness (QED) is 0.336. The molecule has 0 saturated carbocycles. The van der Waals surface area contributed by atoms with E-state index in [1.165, 1.54) is 0 Å². The summed E-state index contributed by atoms with van der Waals surface area (Å²) in [4.78, 5) is 63.5. The molecule has 0 aromatic heterocycles. The van der Waals surface area contributed by atoms with Crippen LogP contribution < -0.4 is 15.3 Å². The normalized spacial score (nSPS) is 23.5. The van der Waals surface area contributed by atoms with Crippen molar-refractivity contribution in [3.8, 4) is 0 Å². The fraction of sp³-hybridized carbons (Fsp3) is 0.818. The van der Waals surface area contributed by atoms with Gasteiger partial charge in [0.1, 0.15) is 39.6 Å². The van der Waals surface area contributed by atoms with Crippen LogP contribution in [-0.4, -0.2) is 138 Å². The van der Waals surface area contributed by atoms with Gasteiger partial charge in [0, 0.05) is 24.8 Å². The lowest BCUT2D eigenvalue weighted by molar-refractivity contribution is -0.939. The van der Waals surface area contributed by atoms with Gasteiger partial charge in [0.25, 0.3) is 0 Å². The number of carbonyl (C=O) groups is 6. The first-order valence-electron chi connectivity index (χ1n) is 15.7. The smallest absolute Gasteiger partial charge is 0.144 e. The number of nitrogens with zero attached hydrogens (tertiary/aromatic N) is 3. The monoisotopic (exact) mass is 657 g/mol. The van der Waals surface area contributed by atoms with Crippen LogP contribution in [0.25, 0.3) is 0 Å². The predicted molar refractivity (Wildman–Crippen MR) is 165 cm³/mol. The lowest BCUT2D eigenvalue weighted by atomic mass is 9.88. The van der Waals surface area contributed by atoms with Crippen molar-refractivity contribution in [2.24, 2.45) is 0 Å². The third-order valence-electron chi connectivity index (χ3n) is 10.9. The number of likely N-dealkylation sites (tertiary alicyclic amines) is 3. The Morgan fingerprint density at radius 1 is 0.587 bits per heavy atom. The molecule has 3 fully saturated rings. The van der Waals surface area contributed by atoms with Gasteiger partial charge in [-0.2, -0.15) is 0 Å². The number of aliphatic hydroxyl groups is 1. The van der Waals surface area contributed by atoms with E-state index in [-0.39, 0.29) is 16.6 Å². The van der Waals surface area contributed by atoms with E-state index in [9.17, 15) is 44.1 Å². The summed E-state index contributed by atoms with van der Waals surface area (Å²) in [7, 11) is 13.2. The Kier molecular flexibility index (Phi) is 14.5. The Morgan fingerprint density at radius 2 is 0.804 bits per heavy atom. The molecule has 3 aliphatic heterocycles. The molecule has 0 radical (unpaired) electrons. The molecule has 0 atom stereocenters. The predicted octanol–water partition coefficient (Wildman–Crippen LogP) is -1.64. The zero-order valence-corrected chi connectivity index (χ0v) is 30.2. The highest BCUT2D eigenvalue weighted by Crippen LogP contribution is 2.31. The third-order valence-corrected chi connectivity index (χ3v) is 10.9. The van der Waals surface area contributed by atoms with Crippen molar-refractivity contribution >= 4 is 35.3 Å². The van der Waals surface area contributed by atoms with Crippen LogP contribution in [0.15, 0.2) is 0 Å². The van der Waals surface area contributed by atoms with Crippen LogP contribution in [0.5, 0.6) is 0 Å². The summed E-state index contributed by atoms with van der Waals surface area (Å²) in [6, 6.07) is 0. The average molecular weight is 658 g/mol. The Morgan fingerprint density at radius 3 is 0.935 bits per heavy atom. The highest BCUT2D eigenvalue weighted by Gasteiger charge is 2.44. The van der Waals surface area contributed by atoms with Crippen molar-refractivity contribution in [1.82, 2.24) is 0 Å². The number of Topliss-reactive ketones (excluding diaryl/α,β-unsaturated/α-hetero) is 3. The van der Waals surface area contributed by atoms with Crippen molar-refractivity contribution in [2.45, 2.75) is 115 Å². The largest absolute Gasteiger partial charge is 0.550 e. The molecule has 0 aliphatic carbocycles. The summed E-state index contributed by atoms with van der Waals surface area (Å²) in [5.74, 6) is -4.71. The first-order chi connectivity index (χ1) is 20.3. The zero-order chi connectivity index (χ0) is 36.7. The Bertz CT molecular complexity index is 1040. The standard InChI is InChI=1S/3C9H18NO.C6H8O7/c3*1-9(2)7-8(11)5-6-10(9,3)4;7-3(8)1-6(13,5(11)12)2-4(9)10/h3*5-7H2,1-4H3;13H,1-2H2,(H,7,8)(H,9,10)(H,11,12)/q3*+1;/p-3. The average Bonchev–Trinajstić information content (AvgIpc) is 2.82. The molecule has 266 valence electrons. The molecule has 0 amide bonds. The highest BCUT2D eigenvalue weighted by atomic mass is 16.4. The maximum absolute atomic E-state index is 11.2. The summed E-state index contributed by atoms with van der Waals surface area (Å²) in [5.41, 5.74) is -2.57. The van der Waals surface area contributed by atoms with E-state index in [4.69, 9.17) is 5.11 Å². The minimum atomic E-state index is -2.97. The Labute approximate surface area is 274 Å². The summed E-state index contributed by atoms with van der Waals surface area (Å²) in [6.07, 6.45) is 1.77. The van der Waals surface area contributed by atoms with Crippen LogP contribution in [0.4, 0.5) is 0 Å². The van der Waals surface area contributed by atoms with Crippen molar-refractivity contribution in [2.75, 3.05) is 61.9 Å². The van der Waals surface area contributed by atoms with Gasteiger partial charge in [-0.25, -0.2) is 0 Å². The number of quaternary nitrogens is 3. The van der Waals surface area contributed by atoms with E-state index in [0.29, 0.717) is 17.3 Å². The maximum atomic E-state index is 11.2. The number of carbonyl (C=O) groups excluding carboxylic acids is 6. The maximum Gasteiger partial charge on any atom is 0.144 e. The molecule has 3 rings (SSSR count). The number of ketones is 3. The fourth-order valence-corrected chi connectivity index (χ4v) is 5.16. The second-order valence-corrected chi connectivity index (χ2v) is 16.5. The lowest BCUT2D eigenvalue weighted by Crippen LogP contribution is -2.60. The molecule has 13 heteroatoms. The number of rotatable bonds is 5. The molecule has 0 aromatic carbocycles. The van der Waals surface area contributed by atoms with Gasteiger partial charge < -0.3 is 48.3 Å². The molecule has 1 N–H and O–H groups in total. The van der Waals surface area contributed by atoms with E-state index in [2.05, 4.69) is 83.8 Å². The molecule has 0 spiro atoms. The molecular weight excluding hydrogens is 598 g/mol. The van der Waals surface area contributed by atoms with Crippen molar-refractivity contribution in [3.05, 3.63) is 0 Å². The van der Waals surface area contributed by atoms with Gasteiger partial charge in [-0.3, -0.25) is 14.4 Å². The van der Waals surface area contributed by atoms with E-state index >= 15 is 0 Å². The van der Waals surface area contributed by atoms with Gasteiger partial charge in [-0.1, -0.05) is 0 Å². The van der Waals surface area contributed by atoms with Crippen molar-refractivity contribution < 1.29 is 62.6 Å². The summed E-state index contributed by atoms with van der Waals surface area (Å²) < 4.78 is 2.91. The highest BCUT2D eigenvalue weighted by molar-refractivity contribution is 5.86. The van der Waals surface area contributed by atoms with Gasteiger partial charge in [0.05, 0.1) is 106 Å². The SMILES string of the molecule is CC1(C)CC(=O)CC[N+]1(C)C.CC1(C)CC(=O)CC[N+]1(C)C.CC1(C)CC(=O)CC[N+]1(C)C.O=C([O-])CC(O)(CC(=O)[O-])C(=O)[O-]. The zero-order valence-electron chi connectivity index (χ0n) is 30.2. The van der Waals surface area contributed by atoms with E-state index in [1.54, 1.807) is 0 Å². The number of carboxylic acid groups (broad SMARTS) is 3. The van der Waals surface area contributed by atoms with Crippen molar-refractivity contribution in [1.29, 1.82) is 0 Å². The van der Waals surface area contributed by atoms with Gasteiger partial charge in [0.2, 0.25) is 0 Å². The number of piperidine rings is 3. The van der Waals surface area contributed by atoms with Gasteiger partial charge in [0.15, 0.2) is 0 Å². The first-order valence-corrected chi connectivity index (χ1v) is 15.7. The van der Waals surface area contributed by atoms with Crippen LogP contribution in [0.1, 0.15) is 92.9 Å². The number of aliphatic carboxylic acids is 3. The Balaban J connectivity index is 0.000000588. The van der Waals surface area contributed by atoms with E-state index < -0.39 is 36.4 Å². The summed E-state index contributed by atoms with van der Waals surface area (Å²) >= 11 is 0. The summed E-state index contributed by atoms with van der Waals surface area (Å²) in [6.45, 7) is 16.0. The number of carboxylic acids is 3. The minimum absolute atomic E-state index is 0.134. The third kappa shape index (κ3) is 12.5. The summed E-state index contributed by atoms with van der Waals surface area (Å²) in [5, 5.41) is 38.9. The lowest BCUT2D eigenvalue weighted by Gasteiger charge is -2.47. The molecule has 46 heavy (non-hydrogen) atoms. The fourth-order valence-electron chi connectivity index (χ4n) is 5.16. The van der Waals surface area contributed by atoms with Gasteiger partial charge in [-0.05, 0) is 41.5 Å². The molecule has 3 heterocycles. The van der Waals surface area contributed by atoms with Gasteiger partial charge in [-0.15, -0.1) is 0 Å². The van der Waals surface area contributed by atoms with E-state index in [0.717, 1.165) is 71.6 Å². The molecule has 0 aromatic rings. The molecule has 3 aliphatic rings. The Hall–Kier alpha value is -2.74. The van der Waals surface area contributed by atoms with Crippen LogP contribution >= 0.6 is 0 Å². The molecule has 0 bridgehead atoms. The van der Waals surface area contributed by atoms with Crippen LogP contribution in [0.2, 0.25) is 0 Å².